The third-order valence-electron chi connectivity index (χ3n) is 4.94. The van der Waals surface area contributed by atoms with Gasteiger partial charge in [-0.25, -0.2) is 4.39 Å². The van der Waals surface area contributed by atoms with Crippen molar-refractivity contribution in [3.63, 3.8) is 0 Å². The lowest BCUT2D eigenvalue weighted by molar-refractivity contribution is -0.142. The van der Waals surface area contributed by atoms with Crippen molar-refractivity contribution in [3.05, 3.63) is 30.3 Å². The van der Waals surface area contributed by atoms with E-state index in [-0.39, 0.29) is 5.92 Å². The average Bonchev–Trinajstić information content (AvgIpc) is 2.48. The summed E-state index contributed by atoms with van der Waals surface area (Å²) in [5, 5.41) is 10.6. The average molecular weight is 308 g/mol. The van der Waals surface area contributed by atoms with Gasteiger partial charge in [-0.2, -0.15) is 0 Å². The molecule has 0 amide bonds. The highest BCUT2D eigenvalue weighted by molar-refractivity contribution is 6.92. The zero-order valence-corrected chi connectivity index (χ0v) is 13.7. The maximum Gasteiger partial charge on any atom is 0.306 e. The molecule has 0 aromatic heterocycles. The lowest BCUT2D eigenvalue weighted by atomic mass is 10.0. The van der Waals surface area contributed by atoms with Crippen LogP contribution in [-0.2, 0) is 4.79 Å². The largest absolute Gasteiger partial charge is 0.481 e. The van der Waals surface area contributed by atoms with Gasteiger partial charge in [-0.15, -0.1) is 0 Å². The van der Waals surface area contributed by atoms with Gasteiger partial charge in [-0.05, 0) is 26.2 Å². The Balaban J connectivity index is 2.10. The van der Waals surface area contributed by atoms with Crippen LogP contribution in [-0.4, -0.2) is 25.3 Å². The Morgan fingerprint density at radius 3 is 2.48 bits per heavy atom. The van der Waals surface area contributed by atoms with Crippen LogP contribution >= 0.6 is 0 Å². The van der Waals surface area contributed by atoms with Crippen LogP contribution in [0.5, 0.6) is 0 Å². The van der Waals surface area contributed by atoms with E-state index in [0.717, 1.165) is 37.4 Å². The van der Waals surface area contributed by atoms with Crippen molar-refractivity contribution >= 4 is 19.2 Å². The molecule has 1 aliphatic heterocycles. The Labute approximate surface area is 127 Å². The molecular weight excluding hydrogens is 283 g/mol. The number of carboxylic acids is 1. The summed E-state index contributed by atoms with van der Waals surface area (Å²) < 4.78 is 13.1. The summed E-state index contributed by atoms with van der Waals surface area (Å²) in [6.45, 7) is 1.62. The monoisotopic (exact) mass is 308 g/mol. The molecule has 0 spiro atoms. The molecular formula is C17H25FO2Si. The molecule has 1 aromatic carbocycles. The Kier molecular flexibility index (Phi) is 5.56. The SMILES string of the molecule is CC(F)CCC[Si]1(c2ccccc2)CCC(C(=O)O)CC1. The van der Waals surface area contributed by atoms with Gasteiger partial charge < -0.3 is 5.11 Å². The minimum atomic E-state index is -1.64. The van der Waals surface area contributed by atoms with Crippen LogP contribution in [0, 0.1) is 5.92 Å². The summed E-state index contributed by atoms with van der Waals surface area (Å²) in [5.41, 5.74) is 0. The highest BCUT2D eigenvalue weighted by Gasteiger charge is 2.40. The molecule has 1 aromatic rings. The number of carbonyl (C=O) groups is 1. The Morgan fingerprint density at radius 2 is 1.95 bits per heavy atom. The number of alkyl halides is 1. The van der Waals surface area contributed by atoms with Crippen LogP contribution in [0.2, 0.25) is 18.1 Å². The molecule has 0 bridgehead atoms. The molecule has 21 heavy (non-hydrogen) atoms. The van der Waals surface area contributed by atoms with Gasteiger partial charge >= 0.3 is 5.97 Å². The van der Waals surface area contributed by atoms with E-state index in [2.05, 4.69) is 24.3 Å². The molecule has 1 aliphatic rings. The predicted octanol–water partition coefficient (Wildman–Crippen LogP) is 3.98. The number of carboxylic acid groups (broad SMARTS) is 1. The fourth-order valence-corrected chi connectivity index (χ4v) is 8.81. The number of benzene rings is 1. The fourth-order valence-electron chi connectivity index (χ4n) is 3.61. The van der Waals surface area contributed by atoms with E-state index in [9.17, 15) is 14.3 Å². The van der Waals surface area contributed by atoms with Crippen molar-refractivity contribution in [3.8, 4) is 0 Å². The summed E-state index contributed by atoms with van der Waals surface area (Å²) in [5.74, 6) is -0.822. The van der Waals surface area contributed by atoms with Crippen molar-refractivity contribution < 1.29 is 14.3 Å². The Bertz CT molecular complexity index is 453. The van der Waals surface area contributed by atoms with Gasteiger partial charge in [0.25, 0.3) is 0 Å². The van der Waals surface area contributed by atoms with Crippen LogP contribution < -0.4 is 5.19 Å². The molecule has 1 fully saturated rings. The van der Waals surface area contributed by atoms with Crippen molar-refractivity contribution in [2.75, 3.05) is 0 Å². The standard InChI is InChI=1S/C17H25FO2Si/c1-14(18)6-5-11-21(16-7-3-2-4-8-16)12-9-15(10-13-21)17(19)20/h2-4,7-8,14-15H,5-6,9-13H2,1H3,(H,19,20). The number of halogens is 1. The lowest BCUT2D eigenvalue weighted by Gasteiger charge is -2.38. The maximum atomic E-state index is 13.1. The smallest absolute Gasteiger partial charge is 0.306 e. The van der Waals surface area contributed by atoms with Crippen molar-refractivity contribution in [2.24, 2.45) is 5.92 Å². The zero-order chi connectivity index (χ0) is 15.3. The molecule has 1 N–H and O–H groups in total. The first-order chi connectivity index (χ1) is 10.0. The fraction of sp³-hybridized carbons (Fsp3) is 0.588. The molecule has 2 nitrogen and oxygen atoms in total. The summed E-state index contributed by atoms with van der Waals surface area (Å²) in [7, 11) is -1.64. The van der Waals surface area contributed by atoms with Crippen LogP contribution in [0.1, 0.15) is 32.6 Å². The molecule has 0 radical (unpaired) electrons. The Morgan fingerprint density at radius 1 is 1.33 bits per heavy atom. The topological polar surface area (TPSA) is 37.3 Å². The second-order valence-corrected chi connectivity index (χ2v) is 11.1. The van der Waals surface area contributed by atoms with Gasteiger partial charge in [-0.3, -0.25) is 4.79 Å². The Hall–Kier alpha value is -1.16. The molecule has 1 unspecified atom stereocenters. The first kappa shape index (κ1) is 16.2. The maximum absolute atomic E-state index is 13.1. The van der Waals surface area contributed by atoms with Gasteiger partial charge in [0.15, 0.2) is 0 Å². The molecule has 0 saturated carbocycles. The van der Waals surface area contributed by atoms with E-state index >= 15 is 0 Å². The summed E-state index contributed by atoms with van der Waals surface area (Å²) in [6, 6.07) is 13.7. The van der Waals surface area contributed by atoms with Gasteiger partial charge in [0, 0.05) is 0 Å². The highest BCUT2D eigenvalue weighted by atomic mass is 28.3. The van der Waals surface area contributed by atoms with E-state index in [1.165, 1.54) is 5.19 Å². The van der Waals surface area contributed by atoms with Crippen LogP contribution in [0.4, 0.5) is 4.39 Å². The lowest BCUT2D eigenvalue weighted by Crippen LogP contribution is -2.50. The molecule has 4 heteroatoms. The minimum Gasteiger partial charge on any atom is -0.481 e. The number of aliphatic carboxylic acids is 1. The van der Waals surface area contributed by atoms with E-state index in [4.69, 9.17) is 0 Å². The number of hydrogen-bond acceptors (Lipinski definition) is 1. The van der Waals surface area contributed by atoms with Crippen molar-refractivity contribution in [1.82, 2.24) is 0 Å². The van der Waals surface area contributed by atoms with Gasteiger partial charge in [0.05, 0.1) is 20.2 Å². The second kappa shape index (κ2) is 7.21. The molecule has 116 valence electrons. The predicted molar refractivity (Wildman–Crippen MR) is 86.4 cm³/mol. The summed E-state index contributed by atoms with van der Waals surface area (Å²) in [6.07, 6.45) is 2.41. The summed E-state index contributed by atoms with van der Waals surface area (Å²) >= 11 is 0. The van der Waals surface area contributed by atoms with E-state index in [1.54, 1.807) is 6.92 Å². The van der Waals surface area contributed by atoms with E-state index < -0.39 is 20.2 Å². The van der Waals surface area contributed by atoms with Crippen LogP contribution in [0.3, 0.4) is 0 Å². The van der Waals surface area contributed by atoms with Crippen molar-refractivity contribution in [2.45, 2.75) is 56.9 Å². The summed E-state index contributed by atoms with van der Waals surface area (Å²) in [4.78, 5) is 11.2. The van der Waals surface area contributed by atoms with Gasteiger partial charge in [0.1, 0.15) is 0 Å². The van der Waals surface area contributed by atoms with Crippen LogP contribution in [0.25, 0.3) is 0 Å². The minimum absolute atomic E-state index is 0.172. The van der Waals surface area contributed by atoms with Crippen molar-refractivity contribution in [1.29, 1.82) is 0 Å². The first-order valence-electron chi connectivity index (χ1n) is 7.96. The van der Waals surface area contributed by atoms with Crippen LogP contribution in [0.15, 0.2) is 30.3 Å². The molecule has 1 saturated heterocycles. The normalized spacial score (nSPS) is 27.2. The third kappa shape index (κ3) is 4.16. The van der Waals surface area contributed by atoms with Gasteiger partial charge in [-0.1, -0.05) is 60.1 Å². The van der Waals surface area contributed by atoms with Gasteiger partial charge in [0.2, 0.25) is 0 Å². The molecule has 0 aliphatic carbocycles. The van der Waals surface area contributed by atoms with E-state index in [0.29, 0.717) is 6.42 Å². The zero-order valence-electron chi connectivity index (χ0n) is 12.7. The first-order valence-corrected chi connectivity index (χ1v) is 10.6. The molecule has 1 atom stereocenters. The highest BCUT2D eigenvalue weighted by Crippen LogP contribution is 2.36. The molecule has 1 heterocycles. The number of hydrogen-bond donors (Lipinski definition) is 1. The molecule has 2 rings (SSSR count). The third-order valence-corrected chi connectivity index (χ3v) is 10.3. The quantitative estimate of drug-likeness (QED) is 0.807. The second-order valence-electron chi connectivity index (χ2n) is 6.43. The van der Waals surface area contributed by atoms with E-state index in [1.807, 2.05) is 6.07 Å². The number of rotatable bonds is 6.